The van der Waals surface area contributed by atoms with Crippen molar-refractivity contribution in [2.24, 2.45) is 5.92 Å². The summed E-state index contributed by atoms with van der Waals surface area (Å²) in [4.78, 5) is 11.4. The van der Waals surface area contributed by atoms with Crippen molar-refractivity contribution < 1.29 is 4.74 Å². The van der Waals surface area contributed by atoms with Gasteiger partial charge < -0.3 is 10.5 Å². The average molecular weight is 225 g/mol. The summed E-state index contributed by atoms with van der Waals surface area (Å²) < 4.78 is 6.76. The Balaban J connectivity index is 2.30. The highest BCUT2D eigenvalue weighted by atomic mass is 16.5. The summed E-state index contributed by atoms with van der Waals surface area (Å²) in [6.45, 7) is 5.99. The molecule has 0 atom stereocenters. The maximum absolute atomic E-state index is 11.4. The van der Waals surface area contributed by atoms with Crippen molar-refractivity contribution in [2.45, 2.75) is 26.8 Å². The summed E-state index contributed by atoms with van der Waals surface area (Å²) in [6.07, 6.45) is 2.50. The van der Waals surface area contributed by atoms with Gasteiger partial charge >= 0.3 is 0 Å². The first-order chi connectivity index (χ1) is 7.59. The number of rotatable bonds is 6. The Morgan fingerprint density at radius 3 is 2.88 bits per heavy atom. The zero-order valence-corrected chi connectivity index (χ0v) is 9.85. The topological polar surface area (TPSA) is 70.1 Å². The third kappa shape index (κ3) is 4.44. The lowest BCUT2D eigenvalue weighted by Crippen LogP contribution is -2.24. The van der Waals surface area contributed by atoms with Gasteiger partial charge in [0.05, 0.1) is 25.0 Å². The van der Waals surface area contributed by atoms with Crippen molar-refractivity contribution in [3.05, 3.63) is 22.6 Å². The first kappa shape index (κ1) is 12.7. The van der Waals surface area contributed by atoms with Crippen molar-refractivity contribution >= 4 is 5.69 Å². The molecule has 0 aliphatic carbocycles. The van der Waals surface area contributed by atoms with E-state index in [1.807, 2.05) is 0 Å². The first-order valence-electron chi connectivity index (χ1n) is 5.50. The summed E-state index contributed by atoms with van der Waals surface area (Å²) in [5, 5.41) is 3.91. The minimum absolute atomic E-state index is 0.188. The standard InChI is InChI=1S/C11H19N3O2/c1-9(2)3-5-16-6-4-14-11(15)7-10(12)8-13-14/h7-9H,3-6,12H2,1-2H3. The van der Waals surface area contributed by atoms with Crippen LogP contribution in [-0.2, 0) is 11.3 Å². The highest BCUT2D eigenvalue weighted by Crippen LogP contribution is 1.98. The van der Waals surface area contributed by atoms with Gasteiger partial charge in [0, 0.05) is 12.7 Å². The fourth-order valence-electron chi connectivity index (χ4n) is 1.19. The van der Waals surface area contributed by atoms with E-state index in [4.69, 9.17) is 10.5 Å². The Morgan fingerprint density at radius 1 is 1.50 bits per heavy atom. The first-order valence-corrected chi connectivity index (χ1v) is 5.50. The van der Waals surface area contributed by atoms with Crippen molar-refractivity contribution in [2.75, 3.05) is 18.9 Å². The average Bonchev–Trinajstić information content (AvgIpc) is 2.20. The van der Waals surface area contributed by atoms with E-state index in [-0.39, 0.29) is 5.56 Å². The molecule has 0 bridgehead atoms. The number of anilines is 1. The van der Waals surface area contributed by atoms with Crippen molar-refractivity contribution in [3.63, 3.8) is 0 Å². The van der Waals surface area contributed by atoms with Crippen molar-refractivity contribution in [1.82, 2.24) is 9.78 Å². The maximum atomic E-state index is 11.4. The lowest BCUT2D eigenvalue weighted by Gasteiger charge is -2.07. The van der Waals surface area contributed by atoms with Gasteiger partial charge in [0.2, 0.25) is 0 Å². The van der Waals surface area contributed by atoms with E-state index in [1.54, 1.807) is 0 Å². The van der Waals surface area contributed by atoms with Gasteiger partial charge in [-0.25, -0.2) is 4.68 Å². The summed E-state index contributed by atoms with van der Waals surface area (Å²) >= 11 is 0. The van der Waals surface area contributed by atoms with Crippen LogP contribution in [0, 0.1) is 5.92 Å². The Morgan fingerprint density at radius 2 is 2.25 bits per heavy atom. The zero-order valence-electron chi connectivity index (χ0n) is 9.85. The molecule has 5 nitrogen and oxygen atoms in total. The molecule has 5 heteroatoms. The normalized spacial score (nSPS) is 10.9. The lowest BCUT2D eigenvalue weighted by atomic mass is 10.1. The molecule has 2 N–H and O–H groups in total. The summed E-state index contributed by atoms with van der Waals surface area (Å²) in [5.41, 5.74) is 5.63. The Kier molecular flexibility index (Phi) is 4.98. The van der Waals surface area contributed by atoms with Crippen LogP contribution in [0.2, 0.25) is 0 Å². The molecule has 0 aromatic carbocycles. The molecule has 0 radical (unpaired) electrons. The van der Waals surface area contributed by atoms with Crippen LogP contribution in [0.4, 0.5) is 5.69 Å². The number of hydrogen-bond acceptors (Lipinski definition) is 4. The van der Waals surface area contributed by atoms with Gasteiger partial charge in [0.1, 0.15) is 0 Å². The molecule has 1 aromatic heterocycles. The number of aromatic nitrogens is 2. The van der Waals surface area contributed by atoms with Crippen LogP contribution >= 0.6 is 0 Å². The molecule has 1 aromatic rings. The molecule has 90 valence electrons. The van der Waals surface area contributed by atoms with E-state index < -0.39 is 0 Å². The van der Waals surface area contributed by atoms with Crippen LogP contribution in [0.1, 0.15) is 20.3 Å². The number of nitrogens with two attached hydrogens (primary N) is 1. The lowest BCUT2D eigenvalue weighted by molar-refractivity contribution is 0.113. The monoisotopic (exact) mass is 225 g/mol. The number of hydrogen-bond donors (Lipinski definition) is 1. The molecule has 0 spiro atoms. The molecule has 0 fully saturated rings. The molecule has 1 rings (SSSR count). The van der Waals surface area contributed by atoms with E-state index in [0.717, 1.165) is 13.0 Å². The molecule has 1 heterocycles. The van der Waals surface area contributed by atoms with E-state index in [1.165, 1.54) is 16.9 Å². The minimum Gasteiger partial charge on any atom is -0.397 e. The van der Waals surface area contributed by atoms with Gasteiger partial charge in [-0.2, -0.15) is 5.10 Å². The van der Waals surface area contributed by atoms with Crippen LogP contribution < -0.4 is 11.3 Å². The second kappa shape index (κ2) is 6.27. The predicted molar refractivity (Wildman–Crippen MR) is 63.2 cm³/mol. The van der Waals surface area contributed by atoms with Crippen LogP contribution in [0.5, 0.6) is 0 Å². The molecular formula is C11H19N3O2. The molecule has 0 aliphatic rings. The molecule has 0 aliphatic heterocycles. The molecule has 0 amide bonds. The van der Waals surface area contributed by atoms with Gasteiger partial charge in [0.25, 0.3) is 5.56 Å². The van der Waals surface area contributed by atoms with E-state index >= 15 is 0 Å². The number of ether oxygens (including phenoxy) is 1. The van der Waals surface area contributed by atoms with E-state index in [2.05, 4.69) is 18.9 Å². The summed E-state index contributed by atoms with van der Waals surface area (Å²) in [6, 6.07) is 1.36. The van der Waals surface area contributed by atoms with Gasteiger partial charge in [-0.15, -0.1) is 0 Å². The minimum atomic E-state index is -0.188. The number of nitrogen functional groups attached to an aromatic ring is 1. The Bertz CT molecular complexity index is 374. The fraction of sp³-hybridized carbons (Fsp3) is 0.636. The van der Waals surface area contributed by atoms with E-state index in [9.17, 15) is 4.79 Å². The highest BCUT2D eigenvalue weighted by molar-refractivity contribution is 5.31. The third-order valence-electron chi connectivity index (χ3n) is 2.18. The van der Waals surface area contributed by atoms with Crippen LogP contribution in [-0.4, -0.2) is 23.0 Å². The van der Waals surface area contributed by atoms with Crippen LogP contribution in [0.15, 0.2) is 17.1 Å². The fourth-order valence-corrected chi connectivity index (χ4v) is 1.19. The quantitative estimate of drug-likeness (QED) is 0.730. The molecule has 16 heavy (non-hydrogen) atoms. The van der Waals surface area contributed by atoms with Crippen LogP contribution in [0.25, 0.3) is 0 Å². The smallest absolute Gasteiger partial charge is 0.268 e. The number of nitrogens with zero attached hydrogens (tertiary/aromatic N) is 2. The largest absolute Gasteiger partial charge is 0.397 e. The zero-order chi connectivity index (χ0) is 12.0. The van der Waals surface area contributed by atoms with Crippen molar-refractivity contribution in [3.8, 4) is 0 Å². The van der Waals surface area contributed by atoms with Gasteiger partial charge in [-0.1, -0.05) is 13.8 Å². The highest BCUT2D eigenvalue weighted by Gasteiger charge is 1.98. The van der Waals surface area contributed by atoms with Crippen molar-refractivity contribution in [1.29, 1.82) is 0 Å². The van der Waals surface area contributed by atoms with Gasteiger partial charge in [-0.3, -0.25) is 4.79 Å². The van der Waals surface area contributed by atoms with E-state index in [0.29, 0.717) is 24.8 Å². The second-order valence-corrected chi connectivity index (χ2v) is 4.15. The maximum Gasteiger partial charge on any atom is 0.268 e. The molecule has 0 unspecified atom stereocenters. The van der Waals surface area contributed by atoms with Crippen LogP contribution in [0.3, 0.4) is 0 Å². The Hall–Kier alpha value is -1.36. The second-order valence-electron chi connectivity index (χ2n) is 4.15. The summed E-state index contributed by atoms with van der Waals surface area (Å²) in [5.74, 6) is 0.636. The Labute approximate surface area is 95.2 Å². The molecule has 0 saturated carbocycles. The molecule has 0 saturated heterocycles. The van der Waals surface area contributed by atoms with Gasteiger partial charge in [0.15, 0.2) is 0 Å². The SMILES string of the molecule is CC(C)CCOCCn1ncc(N)cc1=O. The summed E-state index contributed by atoms with van der Waals surface area (Å²) in [7, 11) is 0. The third-order valence-corrected chi connectivity index (χ3v) is 2.18. The predicted octanol–water partition coefficient (Wildman–Crippen LogP) is 0.888. The van der Waals surface area contributed by atoms with Gasteiger partial charge in [-0.05, 0) is 12.3 Å². The molecular weight excluding hydrogens is 206 g/mol.